The molecule has 1 aromatic rings. The number of anilines is 2. The van der Waals surface area contributed by atoms with E-state index in [1.807, 2.05) is 6.92 Å². The third-order valence-corrected chi connectivity index (χ3v) is 1.95. The number of nitrogens with zero attached hydrogens (tertiary/aromatic N) is 2. The molecule has 0 spiro atoms. The minimum absolute atomic E-state index is 0.0633. The first-order valence-electron chi connectivity index (χ1n) is 5.09. The van der Waals surface area contributed by atoms with Crippen LogP contribution in [0.1, 0.15) is 20.8 Å². The Bertz CT molecular complexity index is 468. The number of rotatable bonds is 5. The van der Waals surface area contributed by atoms with E-state index in [4.69, 9.17) is 5.11 Å². The Balaban J connectivity index is 2.99. The molecule has 17 heavy (non-hydrogen) atoms. The second kappa shape index (κ2) is 4.81. The van der Waals surface area contributed by atoms with Gasteiger partial charge in [-0.1, -0.05) is 0 Å². The number of aromatic nitrogens is 3. The van der Waals surface area contributed by atoms with E-state index in [1.54, 1.807) is 0 Å². The second-order valence-electron chi connectivity index (χ2n) is 3.91. The zero-order valence-electron chi connectivity index (χ0n) is 9.87. The van der Waals surface area contributed by atoms with Gasteiger partial charge in [0.25, 0.3) is 0 Å². The van der Waals surface area contributed by atoms with Crippen molar-refractivity contribution in [3.8, 4) is 0 Å². The molecule has 0 saturated heterocycles. The monoisotopic (exact) mass is 241 g/mol. The van der Waals surface area contributed by atoms with Gasteiger partial charge >= 0.3 is 11.7 Å². The fraction of sp³-hybridized carbons (Fsp3) is 0.556. The molecule has 0 radical (unpaired) electrons. The summed E-state index contributed by atoms with van der Waals surface area (Å²) in [6.07, 6.45) is 0. The maximum Gasteiger partial charge on any atom is 0.350 e. The van der Waals surface area contributed by atoms with Crippen LogP contribution in [-0.4, -0.2) is 38.1 Å². The van der Waals surface area contributed by atoms with Crippen LogP contribution >= 0.6 is 0 Å². The average Bonchev–Trinajstić information content (AvgIpc) is 2.15. The van der Waals surface area contributed by atoms with Crippen molar-refractivity contribution in [2.45, 2.75) is 26.3 Å². The summed E-state index contributed by atoms with van der Waals surface area (Å²) < 4.78 is 0. The topological polar surface area (TPSA) is 120 Å². The standard InChI is InChI=1S/C9H15N5O3/c1-4-10-6-11-7(13-8(17)12-6)14-9(2,3)5(15)16/h4H2,1-3H3,(H,15,16)(H3,10,11,12,13,14,17). The third-order valence-electron chi connectivity index (χ3n) is 1.95. The van der Waals surface area contributed by atoms with Crippen molar-refractivity contribution in [3.05, 3.63) is 10.5 Å². The van der Waals surface area contributed by atoms with E-state index < -0.39 is 17.2 Å². The fourth-order valence-corrected chi connectivity index (χ4v) is 1.03. The second-order valence-corrected chi connectivity index (χ2v) is 3.91. The summed E-state index contributed by atoms with van der Waals surface area (Å²) in [7, 11) is 0. The van der Waals surface area contributed by atoms with Crippen molar-refractivity contribution in [2.75, 3.05) is 17.2 Å². The van der Waals surface area contributed by atoms with Gasteiger partial charge in [-0.25, -0.2) is 9.59 Å². The molecule has 4 N–H and O–H groups in total. The van der Waals surface area contributed by atoms with Gasteiger partial charge < -0.3 is 15.7 Å². The van der Waals surface area contributed by atoms with Crippen LogP contribution in [0.4, 0.5) is 11.9 Å². The van der Waals surface area contributed by atoms with Crippen LogP contribution in [0.5, 0.6) is 0 Å². The van der Waals surface area contributed by atoms with Crippen LogP contribution in [0, 0.1) is 0 Å². The zero-order valence-corrected chi connectivity index (χ0v) is 9.87. The molecular weight excluding hydrogens is 226 g/mol. The molecule has 0 aromatic carbocycles. The highest BCUT2D eigenvalue weighted by molar-refractivity contribution is 5.80. The lowest BCUT2D eigenvalue weighted by molar-refractivity contribution is -0.141. The van der Waals surface area contributed by atoms with Gasteiger partial charge in [-0.2, -0.15) is 9.97 Å². The molecule has 0 amide bonds. The highest BCUT2D eigenvalue weighted by atomic mass is 16.4. The molecule has 0 unspecified atom stereocenters. The minimum atomic E-state index is -1.24. The molecular formula is C9H15N5O3. The van der Waals surface area contributed by atoms with Gasteiger partial charge in [0, 0.05) is 6.54 Å². The van der Waals surface area contributed by atoms with E-state index in [0.29, 0.717) is 6.54 Å². The average molecular weight is 241 g/mol. The SMILES string of the molecule is CCNc1nc(NC(C)(C)C(=O)O)[nH]c(=O)n1. The number of carboxylic acids is 1. The largest absolute Gasteiger partial charge is 0.480 e. The van der Waals surface area contributed by atoms with E-state index in [9.17, 15) is 9.59 Å². The first kappa shape index (κ1) is 12.9. The maximum atomic E-state index is 11.2. The molecule has 94 valence electrons. The van der Waals surface area contributed by atoms with Crippen LogP contribution in [0.2, 0.25) is 0 Å². The van der Waals surface area contributed by atoms with Gasteiger partial charge in [-0.3, -0.25) is 4.98 Å². The third kappa shape index (κ3) is 3.44. The summed E-state index contributed by atoms with van der Waals surface area (Å²) in [6.45, 7) is 5.31. The molecule has 0 atom stereocenters. The lowest BCUT2D eigenvalue weighted by Crippen LogP contribution is -2.41. The summed E-state index contributed by atoms with van der Waals surface area (Å²) in [5.41, 5.74) is -1.83. The molecule has 0 aliphatic heterocycles. The molecule has 1 rings (SSSR count). The quantitative estimate of drug-likeness (QED) is 0.566. The van der Waals surface area contributed by atoms with E-state index >= 15 is 0 Å². The maximum absolute atomic E-state index is 11.2. The summed E-state index contributed by atoms with van der Waals surface area (Å²) in [5.74, 6) is -0.838. The molecule has 1 aromatic heterocycles. The Hall–Kier alpha value is -2.12. The number of nitrogens with one attached hydrogen (secondary N) is 3. The Kier molecular flexibility index (Phi) is 3.66. The van der Waals surface area contributed by atoms with Crippen molar-refractivity contribution in [1.29, 1.82) is 0 Å². The van der Waals surface area contributed by atoms with E-state index in [2.05, 4.69) is 25.6 Å². The number of H-pyrrole nitrogens is 1. The van der Waals surface area contributed by atoms with E-state index in [1.165, 1.54) is 13.8 Å². The molecule has 0 aliphatic rings. The highest BCUT2D eigenvalue weighted by Gasteiger charge is 2.27. The van der Waals surface area contributed by atoms with Crippen molar-refractivity contribution < 1.29 is 9.90 Å². The number of hydrogen-bond acceptors (Lipinski definition) is 6. The van der Waals surface area contributed by atoms with Crippen LogP contribution < -0.4 is 16.3 Å². The normalized spacial score (nSPS) is 11.0. The Morgan fingerprint density at radius 2 is 2.12 bits per heavy atom. The Morgan fingerprint density at radius 3 is 2.65 bits per heavy atom. The molecule has 8 heteroatoms. The lowest BCUT2D eigenvalue weighted by atomic mass is 10.1. The number of carboxylic acid groups (broad SMARTS) is 1. The van der Waals surface area contributed by atoms with Gasteiger partial charge in [-0.15, -0.1) is 0 Å². The van der Waals surface area contributed by atoms with E-state index in [-0.39, 0.29) is 11.9 Å². The summed E-state index contributed by atoms with van der Waals surface area (Å²) in [4.78, 5) is 32.0. The zero-order chi connectivity index (χ0) is 13.1. The molecule has 0 fully saturated rings. The number of carbonyl (C=O) groups is 1. The predicted molar refractivity (Wildman–Crippen MR) is 62.2 cm³/mol. The smallest absolute Gasteiger partial charge is 0.350 e. The van der Waals surface area contributed by atoms with Gasteiger partial charge in [0.2, 0.25) is 11.9 Å². The molecule has 0 bridgehead atoms. The van der Waals surface area contributed by atoms with Gasteiger partial charge in [0.1, 0.15) is 5.54 Å². The highest BCUT2D eigenvalue weighted by Crippen LogP contribution is 2.10. The minimum Gasteiger partial charge on any atom is -0.480 e. The summed E-state index contributed by atoms with van der Waals surface area (Å²) >= 11 is 0. The summed E-state index contributed by atoms with van der Waals surface area (Å²) in [5, 5.41) is 14.3. The van der Waals surface area contributed by atoms with Crippen LogP contribution in [0.25, 0.3) is 0 Å². The van der Waals surface area contributed by atoms with Crippen molar-refractivity contribution in [1.82, 2.24) is 15.0 Å². The van der Waals surface area contributed by atoms with Gasteiger partial charge in [0.05, 0.1) is 0 Å². The number of hydrogen-bond donors (Lipinski definition) is 4. The van der Waals surface area contributed by atoms with Crippen molar-refractivity contribution in [2.24, 2.45) is 0 Å². The van der Waals surface area contributed by atoms with Gasteiger partial charge in [-0.05, 0) is 20.8 Å². The van der Waals surface area contributed by atoms with Crippen molar-refractivity contribution >= 4 is 17.9 Å². The number of aromatic amines is 1. The first-order chi connectivity index (χ1) is 7.85. The Labute approximate surface area is 97.5 Å². The number of aliphatic carboxylic acids is 1. The van der Waals surface area contributed by atoms with Crippen LogP contribution in [0.15, 0.2) is 4.79 Å². The molecule has 0 saturated carbocycles. The predicted octanol–water partition coefficient (Wildman–Crippen LogP) is -0.128. The fourth-order valence-electron chi connectivity index (χ4n) is 1.03. The van der Waals surface area contributed by atoms with Gasteiger partial charge in [0.15, 0.2) is 0 Å². The molecule has 0 aliphatic carbocycles. The van der Waals surface area contributed by atoms with Crippen LogP contribution in [0.3, 0.4) is 0 Å². The molecule has 1 heterocycles. The molecule has 8 nitrogen and oxygen atoms in total. The van der Waals surface area contributed by atoms with E-state index in [0.717, 1.165) is 0 Å². The summed E-state index contributed by atoms with van der Waals surface area (Å²) in [6, 6.07) is 0. The lowest BCUT2D eigenvalue weighted by Gasteiger charge is -2.21. The first-order valence-corrected chi connectivity index (χ1v) is 5.09. The van der Waals surface area contributed by atoms with Crippen LogP contribution in [-0.2, 0) is 4.79 Å². The van der Waals surface area contributed by atoms with Crippen molar-refractivity contribution in [3.63, 3.8) is 0 Å². The Morgan fingerprint density at radius 1 is 1.47 bits per heavy atom.